The zero-order chi connectivity index (χ0) is 18.5. The van der Waals surface area contributed by atoms with Gasteiger partial charge in [0.25, 0.3) is 11.5 Å². The van der Waals surface area contributed by atoms with Gasteiger partial charge in [-0.15, -0.1) is 0 Å². The lowest BCUT2D eigenvalue weighted by Crippen LogP contribution is -2.27. The molecule has 2 aromatic carbocycles. The van der Waals surface area contributed by atoms with Crippen molar-refractivity contribution in [2.24, 2.45) is 0 Å². The van der Waals surface area contributed by atoms with E-state index in [1.54, 1.807) is 56.7 Å². The summed E-state index contributed by atoms with van der Waals surface area (Å²) in [5.74, 6) is 0.417. The van der Waals surface area contributed by atoms with Crippen molar-refractivity contribution in [1.29, 1.82) is 0 Å². The highest BCUT2D eigenvalue weighted by molar-refractivity contribution is 5.97. The van der Waals surface area contributed by atoms with Gasteiger partial charge >= 0.3 is 0 Å². The van der Waals surface area contributed by atoms with Gasteiger partial charge in [0.05, 0.1) is 30.3 Å². The van der Waals surface area contributed by atoms with Crippen LogP contribution in [0.15, 0.2) is 53.6 Å². The standard InChI is InChI=1S/C19H19N3O4/c1-25-9-8-20-18(23)13-6-7-16-17(10-13)21-12-22(19(16)24)14-4-3-5-15(11-14)26-2/h3-7,10-12H,8-9H2,1-2H3,(H,20,23). The first-order valence-electron chi connectivity index (χ1n) is 8.07. The molecule has 7 nitrogen and oxygen atoms in total. The van der Waals surface area contributed by atoms with Gasteiger partial charge < -0.3 is 14.8 Å². The number of hydrogen-bond acceptors (Lipinski definition) is 5. The fourth-order valence-electron chi connectivity index (χ4n) is 2.58. The lowest BCUT2D eigenvalue weighted by molar-refractivity contribution is 0.0937. The molecule has 0 aliphatic rings. The van der Waals surface area contributed by atoms with Gasteiger partial charge in [0.2, 0.25) is 0 Å². The van der Waals surface area contributed by atoms with Crippen LogP contribution in [0.1, 0.15) is 10.4 Å². The molecule has 0 radical (unpaired) electrons. The number of rotatable bonds is 6. The minimum atomic E-state index is -0.234. The van der Waals surface area contributed by atoms with E-state index in [9.17, 15) is 9.59 Å². The second kappa shape index (κ2) is 7.79. The van der Waals surface area contributed by atoms with Crippen molar-refractivity contribution in [1.82, 2.24) is 14.9 Å². The molecule has 1 aromatic heterocycles. The number of carbonyl (C=O) groups is 1. The summed E-state index contributed by atoms with van der Waals surface area (Å²) in [5, 5.41) is 3.17. The number of carbonyl (C=O) groups excluding carboxylic acids is 1. The Morgan fingerprint density at radius 2 is 2.04 bits per heavy atom. The van der Waals surface area contributed by atoms with Gasteiger partial charge in [-0.3, -0.25) is 14.2 Å². The van der Waals surface area contributed by atoms with E-state index in [-0.39, 0.29) is 11.5 Å². The van der Waals surface area contributed by atoms with Crippen molar-refractivity contribution in [3.8, 4) is 11.4 Å². The summed E-state index contributed by atoms with van der Waals surface area (Å²) in [5.41, 5.74) is 1.35. The van der Waals surface area contributed by atoms with Gasteiger partial charge in [0.15, 0.2) is 0 Å². The first kappa shape index (κ1) is 17.6. The highest BCUT2D eigenvalue weighted by atomic mass is 16.5. The van der Waals surface area contributed by atoms with Crippen molar-refractivity contribution >= 4 is 16.8 Å². The Kier molecular flexibility index (Phi) is 5.28. The van der Waals surface area contributed by atoms with E-state index in [1.165, 1.54) is 10.9 Å². The maximum atomic E-state index is 12.8. The number of aromatic nitrogens is 2. The number of ether oxygens (including phenoxy) is 2. The molecule has 0 unspecified atom stereocenters. The van der Waals surface area contributed by atoms with E-state index >= 15 is 0 Å². The Morgan fingerprint density at radius 1 is 1.19 bits per heavy atom. The van der Waals surface area contributed by atoms with Crippen LogP contribution in [0, 0.1) is 0 Å². The minimum absolute atomic E-state index is 0.213. The molecule has 3 aromatic rings. The van der Waals surface area contributed by atoms with E-state index in [1.807, 2.05) is 0 Å². The first-order chi connectivity index (χ1) is 12.6. The summed E-state index contributed by atoms with van der Waals surface area (Å²) in [4.78, 5) is 29.2. The third kappa shape index (κ3) is 3.57. The van der Waals surface area contributed by atoms with Crippen molar-refractivity contribution in [3.05, 3.63) is 64.7 Å². The predicted octanol–water partition coefficient (Wildman–Crippen LogP) is 1.77. The fourth-order valence-corrected chi connectivity index (χ4v) is 2.58. The highest BCUT2D eigenvalue weighted by Crippen LogP contribution is 2.16. The van der Waals surface area contributed by atoms with Crippen LogP contribution in [0.2, 0.25) is 0 Å². The van der Waals surface area contributed by atoms with Crippen LogP contribution in [0.4, 0.5) is 0 Å². The Morgan fingerprint density at radius 3 is 2.81 bits per heavy atom. The minimum Gasteiger partial charge on any atom is -0.497 e. The molecule has 1 amide bonds. The van der Waals surface area contributed by atoms with Crippen LogP contribution in [0.25, 0.3) is 16.6 Å². The molecule has 26 heavy (non-hydrogen) atoms. The van der Waals surface area contributed by atoms with Crippen LogP contribution in [0.3, 0.4) is 0 Å². The SMILES string of the molecule is COCCNC(=O)c1ccc2c(=O)n(-c3cccc(OC)c3)cnc2c1. The van der Waals surface area contributed by atoms with Gasteiger partial charge in [-0.25, -0.2) is 4.98 Å². The van der Waals surface area contributed by atoms with E-state index in [0.29, 0.717) is 41.1 Å². The maximum Gasteiger partial charge on any atom is 0.265 e. The van der Waals surface area contributed by atoms with Crippen molar-refractivity contribution < 1.29 is 14.3 Å². The number of amides is 1. The third-order valence-corrected chi connectivity index (χ3v) is 3.94. The molecular weight excluding hydrogens is 334 g/mol. The molecule has 0 fully saturated rings. The summed E-state index contributed by atoms with van der Waals surface area (Å²) in [7, 11) is 3.14. The average Bonchev–Trinajstić information content (AvgIpc) is 2.68. The summed E-state index contributed by atoms with van der Waals surface area (Å²) < 4.78 is 11.6. The molecule has 0 saturated carbocycles. The average molecular weight is 353 g/mol. The molecule has 3 rings (SSSR count). The normalized spacial score (nSPS) is 10.7. The molecule has 134 valence electrons. The van der Waals surface area contributed by atoms with Gasteiger partial charge in [0, 0.05) is 25.3 Å². The number of methoxy groups -OCH3 is 2. The predicted molar refractivity (Wildman–Crippen MR) is 98.1 cm³/mol. The van der Waals surface area contributed by atoms with Crippen molar-refractivity contribution in [3.63, 3.8) is 0 Å². The highest BCUT2D eigenvalue weighted by Gasteiger charge is 2.10. The Balaban J connectivity index is 1.96. The molecule has 0 atom stereocenters. The van der Waals surface area contributed by atoms with Gasteiger partial charge in [-0.1, -0.05) is 6.07 Å². The van der Waals surface area contributed by atoms with Gasteiger partial charge in [-0.05, 0) is 30.3 Å². The zero-order valence-electron chi connectivity index (χ0n) is 14.6. The molecule has 1 heterocycles. The van der Waals surface area contributed by atoms with E-state index in [4.69, 9.17) is 9.47 Å². The molecule has 0 aliphatic carbocycles. The molecule has 0 spiro atoms. The molecular formula is C19H19N3O4. The Labute approximate surface area is 150 Å². The lowest BCUT2D eigenvalue weighted by atomic mass is 10.1. The molecule has 7 heteroatoms. The molecule has 1 N–H and O–H groups in total. The first-order valence-corrected chi connectivity index (χ1v) is 8.07. The zero-order valence-corrected chi connectivity index (χ0v) is 14.6. The summed E-state index contributed by atoms with van der Waals surface area (Å²) >= 11 is 0. The fraction of sp³-hybridized carbons (Fsp3) is 0.211. The van der Waals surface area contributed by atoms with E-state index in [2.05, 4.69) is 10.3 Å². The van der Waals surface area contributed by atoms with Crippen molar-refractivity contribution in [2.45, 2.75) is 0 Å². The monoisotopic (exact) mass is 353 g/mol. The largest absolute Gasteiger partial charge is 0.497 e. The van der Waals surface area contributed by atoms with Gasteiger partial charge in [0.1, 0.15) is 12.1 Å². The van der Waals surface area contributed by atoms with E-state index < -0.39 is 0 Å². The van der Waals surface area contributed by atoms with Gasteiger partial charge in [-0.2, -0.15) is 0 Å². The molecule has 0 saturated heterocycles. The Bertz CT molecular complexity index is 997. The summed E-state index contributed by atoms with van der Waals surface area (Å²) in [6.45, 7) is 0.848. The topological polar surface area (TPSA) is 82.5 Å². The smallest absolute Gasteiger partial charge is 0.265 e. The maximum absolute atomic E-state index is 12.8. The van der Waals surface area contributed by atoms with Crippen LogP contribution in [-0.4, -0.2) is 42.8 Å². The summed E-state index contributed by atoms with van der Waals surface area (Å²) in [6, 6.07) is 12.0. The number of nitrogens with zero attached hydrogens (tertiary/aromatic N) is 2. The number of fused-ring (bicyclic) bond motifs is 1. The number of nitrogens with one attached hydrogen (secondary N) is 1. The van der Waals surface area contributed by atoms with Crippen LogP contribution >= 0.6 is 0 Å². The second-order valence-electron chi connectivity index (χ2n) is 5.60. The number of benzene rings is 2. The summed E-state index contributed by atoms with van der Waals surface area (Å²) in [6.07, 6.45) is 1.45. The molecule has 0 bridgehead atoms. The van der Waals surface area contributed by atoms with Crippen molar-refractivity contribution in [2.75, 3.05) is 27.4 Å². The molecule has 0 aliphatic heterocycles. The lowest BCUT2D eigenvalue weighted by Gasteiger charge is -2.09. The van der Waals surface area contributed by atoms with Crippen LogP contribution in [-0.2, 0) is 4.74 Å². The quantitative estimate of drug-likeness (QED) is 0.683. The Hall–Kier alpha value is -3.19. The third-order valence-electron chi connectivity index (χ3n) is 3.94. The van der Waals surface area contributed by atoms with E-state index in [0.717, 1.165) is 0 Å². The van der Waals surface area contributed by atoms with Crippen LogP contribution < -0.4 is 15.6 Å². The van der Waals surface area contributed by atoms with Crippen LogP contribution in [0.5, 0.6) is 5.75 Å². The number of hydrogen-bond donors (Lipinski definition) is 1. The second-order valence-corrected chi connectivity index (χ2v) is 5.60.